The molecule has 16 heavy (non-hydrogen) atoms. The van der Waals surface area contributed by atoms with Crippen LogP contribution in [0, 0.1) is 11.8 Å². The molecule has 1 heterocycles. The Hall–Kier alpha value is -0.570. The van der Waals surface area contributed by atoms with E-state index in [2.05, 4.69) is 10.2 Å². The Balaban J connectivity index is 1.37. The standard InChI is InChI=1S/C13H22N2O/c16-13(11-2-1-3-11)14-8-10-6-7-15(9-10)12-4-5-12/h10-12H,1-9H2,(H,14,16). The van der Waals surface area contributed by atoms with E-state index in [0.29, 0.717) is 17.7 Å². The minimum Gasteiger partial charge on any atom is -0.356 e. The van der Waals surface area contributed by atoms with Crippen molar-refractivity contribution in [1.82, 2.24) is 10.2 Å². The average molecular weight is 222 g/mol. The van der Waals surface area contributed by atoms with Crippen molar-refractivity contribution in [3.05, 3.63) is 0 Å². The Labute approximate surface area is 97.6 Å². The number of hydrogen-bond acceptors (Lipinski definition) is 2. The maximum Gasteiger partial charge on any atom is 0.223 e. The number of amides is 1. The average Bonchev–Trinajstić information content (AvgIpc) is 2.93. The van der Waals surface area contributed by atoms with Crippen LogP contribution < -0.4 is 5.32 Å². The first-order chi connectivity index (χ1) is 7.83. The van der Waals surface area contributed by atoms with Crippen LogP contribution in [0.1, 0.15) is 38.5 Å². The highest BCUT2D eigenvalue weighted by atomic mass is 16.1. The summed E-state index contributed by atoms with van der Waals surface area (Å²) < 4.78 is 0. The molecule has 1 N–H and O–H groups in total. The van der Waals surface area contributed by atoms with Crippen LogP contribution in [0.15, 0.2) is 0 Å². The van der Waals surface area contributed by atoms with Gasteiger partial charge in [0.25, 0.3) is 0 Å². The lowest BCUT2D eigenvalue weighted by Gasteiger charge is -2.25. The van der Waals surface area contributed by atoms with E-state index in [1.807, 2.05) is 0 Å². The molecular formula is C13H22N2O. The largest absolute Gasteiger partial charge is 0.356 e. The molecule has 1 saturated heterocycles. The second-order valence-electron chi connectivity index (χ2n) is 5.75. The molecule has 2 saturated carbocycles. The molecule has 3 fully saturated rings. The van der Waals surface area contributed by atoms with E-state index in [4.69, 9.17) is 0 Å². The van der Waals surface area contributed by atoms with Gasteiger partial charge in [0.2, 0.25) is 5.91 Å². The normalized spacial score (nSPS) is 31.4. The Morgan fingerprint density at radius 2 is 2.00 bits per heavy atom. The maximum absolute atomic E-state index is 11.7. The topological polar surface area (TPSA) is 32.3 Å². The number of hydrogen-bond donors (Lipinski definition) is 1. The summed E-state index contributed by atoms with van der Waals surface area (Å²) in [6.07, 6.45) is 7.57. The Kier molecular flexibility index (Phi) is 2.88. The molecule has 3 heteroatoms. The monoisotopic (exact) mass is 222 g/mol. The van der Waals surface area contributed by atoms with Crippen LogP contribution in [0.5, 0.6) is 0 Å². The van der Waals surface area contributed by atoms with Crippen molar-refractivity contribution in [2.75, 3.05) is 19.6 Å². The van der Waals surface area contributed by atoms with Crippen molar-refractivity contribution in [3.8, 4) is 0 Å². The summed E-state index contributed by atoms with van der Waals surface area (Å²) in [5.74, 6) is 1.38. The molecule has 90 valence electrons. The molecule has 0 radical (unpaired) electrons. The maximum atomic E-state index is 11.7. The molecule has 3 aliphatic rings. The third-order valence-electron chi connectivity index (χ3n) is 4.42. The highest BCUT2D eigenvalue weighted by molar-refractivity contribution is 5.79. The number of carbonyl (C=O) groups excluding carboxylic acids is 1. The predicted molar refractivity (Wildman–Crippen MR) is 63.1 cm³/mol. The zero-order valence-electron chi connectivity index (χ0n) is 9.95. The summed E-state index contributed by atoms with van der Waals surface area (Å²) in [4.78, 5) is 14.3. The zero-order valence-corrected chi connectivity index (χ0v) is 9.95. The van der Waals surface area contributed by atoms with Crippen LogP contribution in [0.2, 0.25) is 0 Å². The van der Waals surface area contributed by atoms with Crippen LogP contribution in [-0.4, -0.2) is 36.5 Å². The minimum absolute atomic E-state index is 0.316. The lowest BCUT2D eigenvalue weighted by molar-refractivity contribution is -0.127. The molecule has 1 atom stereocenters. The van der Waals surface area contributed by atoms with Gasteiger partial charge in [-0.3, -0.25) is 4.79 Å². The third kappa shape index (κ3) is 2.24. The van der Waals surface area contributed by atoms with Gasteiger partial charge in [0.15, 0.2) is 0 Å². The molecule has 0 aromatic rings. The molecule has 1 amide bonds. The van der Waals surface area contributed by atoms with E-state index < -0.39 is 0 Å². The van der Waals surface area contributed by atoms with Gasteiger partial charge in [-0.25, -0.2) is 0 Å². The van der Waals surface area contributed by atoms with Gasteiger partial charge in [-0.2, -0.15) is 0 Å². The molecule has 3 nitrogen and oxygen atoms in total. The van der Waals surface area contributed by atoms with Crippen LogP contribution >= 0.6 is 0 Å². The number of nitrogens with one attached hydrogen (secondary N) is 1. The summed E-state index contributed by atoms with van der Waals surface area (Å²) in [5, 5.41) is 3.14. The molecule has 0 spiro atoms. The number of carbonyl (C=O) groups is 1. The summed E-state index contributed by atoms with van der Waals surface area (Å²) >= 11 is 0. The molecule has 1 unspecified atom stereocenters. The molecular weight excluding hydrogens is 200 g/mol. The lowest BCUT2D eigenvalue weighted by Crippen LogP contribution is -2.37. The van der Waals surface area contributed by atoms with Gasteiger partial charge < -0.3 is 10.2 Å². The highest BCUT2D eigenvalue weighted by Gasteiger charge is 2.34. The smallest absolute Gasteiger partial charge is 0.223 e. The van der Waals surface area contributed by atoms with Gasteiger partial charge in [0, 0.05) is 25.0 Å². The number of likely N-dealkylation sites (tertiary alicyclic amines) is 1. The summed E-state index contributed by atoms with van der Waals surface area (Å²) in [5.41, 5.74) is 0. The van der Waals surface area contributed by atoms with Crippen LogP contribution in [0.4, 0.5) is 0 Å². The minimum atomic E-state index is 0.316. The number of nitrogens with zero attached hydrogens (tertiary/aromatic N) is 1. The molecule has 0 aromatic heterocycles. The van der Waals surface area contributed by atoms with Crippen LogP contribution in [0.3, 0.4) is 0 Å². The van der Waals surface area contributed by atoms with Gasteiger partial charge in [0.05, 0.1) is 0 Å². The number of rotatable bonds is 4. The zero-order chi connectivity index (χ0) is 11.0. The Morgan fingerprint density at radius 3 is 2.62 bits per heavy atom. The highest BCUT2D eigenvalue weighted by Crippen LogP contribution is 2.31. The molecule has 3 rings (SSSR count). The Morgan fingerprint density at radius 1 is 1.19 bits per heavy atom. The van der Waals surface area contributed by atoms with Crippen LogP contribution in [-0.2, 0) is 4.79 Å². The van der Waals surface area contributed by atoms with Crippen molar-refractivity contribution < 1.29 is 4.79 Å². The summed E-state index contributed by atoms with van der Waals surface area (Å²) in [7, 11) is 0. The SMILES string of the molecule is O=C(NCC1CCN(C2CC2)C1)C1CCC1. The molecule has 0 bridgehead atoms. The molecule has 0 aromatic carbocycles. The van der Waals surface area contributed by atoms with Crippen LogP contribution in [0.25, 0.3) is 0 Å². The predicted octanol–water partition coefficient (Wildman–Crippen LogP) is 1.39. The van der Waals surface area contributed by atoms with E-state index in [1.54, 1.807) is 0 Å². The lowest BCUT2D eigenvalue weighted by atomic mass is 9.85. The van der Waals surface area contributed by atoms with Gasteiger partial charge in [0.1, 0.15) is 0 Å². The van der Waals surface area contributed by atoms with Gasteiger partial charge >= 0.3 is 0 Å². The summed E-state index contributed by atoms with van der Waals surface area (Å²) in [6.45, 7) is 3.39. The second-order valence-corrected chi connectivity index (χ2v) is 5.75. The van der Waals surface area contributed by atoms with Gasteiger partial charge in [-0.15, -0.1) is 0 Å². The van der Waals surface area contributed by atoms with Crippen molar-refractivity contribution in [2.24, 2.45) is 11.8 Å². The molecule has 2 aliphatic carbocycles. The van der Waals surface area contributed by atoms with Crippen molar-refractivity contribution in [1.29, 1.82) is 0 Å². The van der Waals surface area contributed by atoms with Crippen molar-refractivity contribution in [3.63, 3.8) is 0 Å². The first-order valence-corrected chi connectivity index (χ1v) is 6.84. The van der Waals surface area contributed by atoms with E-state index in [-0.39, 0.29) is 0 Å². The van der Waals surface area contributed by atoms with Gasteiger partial charge in [-0.1, -0.05) is 6.42 Å². The quantitative estimate of drug-likeness (QED) is 0.779. The first-order valence-electron chi connectivity index (χ1n) is 6.84. The van der Waals surface area contributed by atoms with E-state index in [9.17, 15) is 4.79 Å². The fourth-order valence-electron chi connectivity index (χ4n) is 2.86. The Bertz CT molecular complexity index is 271. The molecule has 1 aliphatic heterocycles. The van der Waals surface area contributed by atoms with Crippen molar-refractivity contribution in [2.45, 2.75) is 44.6 Å². The van der Waals surface area contributed by atoms with E-state index >= 15 is 0 Å². The third-order valence-corrected chi connectivity index (χ3v) is 4.42. The fourth-order valence-corrected chi connectivity index (χ4v) is 2.86. The van der Waals surface area contributed by atoms with Crippen molar-refractivity contribution >= 4 is 5.91 Å². The summed E-state index contributed by atoms with van der Waals surface area (Å²) in [6, 6.07) is 0.896. The van der Waals surface area contributed by atoms with E-state index in [0.717, 1.165) is 25.4 Å². The van der Waals surface area contributed by atoms with E-state index in [1.165, 1.54) is 38.8 Å². The van der Waals surface area contributed by atoms with Gasteiger partial charge in [-0.05, 0) is 44.6 Å². The second kappa shape index (κ2) is 4.36. The fraction of sp³-hybridized carbons (Fsp3) is 0.923. The first kappa shape index (κ1) is 10.6.